The Morgan fingerprint density at radius 2 is 1.84 bits per heavy atom. The zero-order valence-electron chi connectivity index (χ0n) is 18.4. The molecule has 160 valence electrons. The van der Waals surface area contributed by atoms with E-state index in [-0.39, 0.29) is 5.91 Å². The molecular formula is C27H25N3O2. The normalized spacial score (nSPS) is 12.1. The molecule has 0 unspecified atom stereocenters. The fraction of sp³-hybridized carbons (Fsp3) is 0.148. The maximum absolute atomic E-state index is 13.0. The van der Waals surface area contributed by atoms with Crippen LogP contribution in [0.4, 0.5) is 0 Å². The number of hydrogen-bond acceptors (Lipinski definition) is 4. The van der Waals surface area contributed by atoms with Gasteiger partial charge < -0.3 is 4.42 Å². The predicted molar refractivity (Wildman–Crippen MR) is 130 cm³/mol. The molecule has 5 nitrogen and oxygen atoms in total. The van der Waals surface area contributed by atoms with Crippen LogP contribution in [0.3, 0.4) is 0 Å². The van der Waals surface area contributed by atoms with E-state index in [1.54, 1.807) is 12.5 Å². The van der Waals surface area contributed by atoms with Crippen molar-refractivity contribution in [3.05, 3.63) is 95.5 Å². The molecule has 0 atom stereocenters. The van der Waals surface area contributed by atoms with Gasteiger partial charge in [0, 0.05) is 10.9 Å². The zero-order valence-corrected chi connectivity index (χ0v) is 18.4. The van der Waals surface area contributed by atoms with Crippen LogP contribution in [0, 0.1) is 0 Å². The number of rotatable bonds is 6. The summed E-state index contributed by atoms with van der Waals surface area (Å²) in [5.74, 6) is 0.900. The van der Waals surface area contributed by atoms with Crippen molar-refractivity contribution in [3.8, 4) is 11.3 Å². The van der Waals surface area contributed by atoms with Gasteiger partial charge in [0.2, 0.25) is 0 Å². The molecule has 2 aromatic heterocycles. The predicted octanol–water partition coefficient (Wildman–Crippen LogP) is 6.44. The molecule has 0 aliphatic heterocycles. The SMILES string of the molecule is CC(/C=N\NC(=O)c1cc(-c2ccc(C(C)C)cc2)nc2ccccc12)=C\c1ccco1. The van der Waals surface area contributed by atoms with Crippen LogP contribution in [0.15, 0.2) is 88.1 Å². The minimum Gasteiger partial charge on any atom is -0.465 e. The van der Waals surface area contributed by atoms with Crippen LogP contribution in [0.5, 0.6) is 0 Å². The topological polar surface area (TPSA) is 67.5 Å². The molecule has 5 heteroatoms. The van der Waals surface area contributed by atoms with Gasteiger partial charge in [0.25, 0.3) is 5.91 Å². The number of hydrazone groups is 1. The van der Waals surface area contributed by atoms with Crippen molar-refractivity contribution in [2.45, 2.75) is 26.7 Å². The van der Waals surface area contributed by atoms with Gasteiger partial charge in [-0.2, -0.15) is 5.10 Å². The number of aromatic nitrogens is 1. The number of furan rings is 1. The molecule has 2 heterocycles. The third kappa shape index (κ3) is 4.83. The molecule has 0 saturated carbocycles. The Morgan fingerprint density at radius 1 is 1.06 bits per heavy atom. The monoisotopic (exact) mass is 423 g/mol. The average Bonchev–Trinajstić information content (AvgIpc) is 3.31. The lowest BCUT2D eigenvalue weighted by Crippen LogP contribution is -2.18. The smallest absolute Gasteiger partial charge is 0.272 e. The number of amides is 1. The molecule has 32 heavy (non-hydrogen) atoms. The number of carbonyl (C=O) groups is 1. The van der Waals surface area contributed by atoms with Gasteiger partial charge in [-0.1, -0.05) is 56.3 Å². The molecule has 0 aliphatic rings. The Morgan fingerprint density at radius 3 is 2.56 bits per heavy atom. The first-order valence-corrected chi connectivity index (χ1v) is 10.6. The van der Waals surface area contributed by atoms with E-state index in [0.29, 0.717) is 11.5 Å². The summed E-state index contributed by atoms with van der Waals surface area (Å²) in [6.45, 7) is 6.22. The Kier molecular flexibility index (Phi) is 6.26. The standard InChI is InChI=1S/C27H25N3O2/c1-18(2)20-10-12-21(13-11-20)26-16-24(23-8-4-5-9-25(23)29-26)27(31)30-28-17-19(3)15-22-7-6-14-32-22/h4-18H,1-3H3,(H,30,31)/b19-15+,28-17-. The first kappa shape index (κ1) is 21.2. The lowest BCUT2D eigenvalue weighted by atomic mass is 9.99. The van der Waals surface area contributed by atoms with Crippen LogP contribution in [-0.2, 0) is 0 Å². The number of fused-ring (bicyclic) bond motifs is 1. The van der Waals surface area contributed by atoms with Crippen molar-refractivity contribution in [1.82, 2.24) is 10.4 Å². The lowest BCUT2D eigenvalue weighted by molar-refractivity contribution is 0.0956. The number of benzene rings is 2. The number of nitrogens with zero attached hydrogens (tertiary/aromatic N) is 2. The fourth-order valence-electron chi connectivity index (χ4n) is 3.44. The van der Waals surface area contributed by atoms with Gasteiger partial charge in [-0.3, -0.25) is 4.79 Å². The van der Waals surface area contributed by atoms with Crippen LogP contribution in [0.1, 0.15) is 48.4 Å². The number of allylic oxidation sites excluding steroid dienone is 1. The minimum absolute atomic E-state index is 0.286. The van der Waals surface area contributed by atoms with Crippen LogP contribution >= 0.6 is 0 Å². The molecule has 1 amide bonds. The molecule has 0 saturated heterocycles. The number of hydrogen-bond donors (Lipinski definition) is 1. The van der Waals surface area contributed by atoms with Crippen LogP contribution in [0.25, 0.3) is 28.2 Å². The molecule has 4 aromatic rings. The fourth-order valence-corrected chi connectivity index (χ4v) is 3.44. The summed E-state index contributed by atoms with van der Waals surface area (Å²) in [6.07, 6.45) is 5.05. The molecule has 0 bridgehead atoms. The summed E-state index contributed by atoms with van der Waals surface area (Å²) in [5, 5.41) is 4.90. The van der Waals surface area contributed by atoms with Crippen molar-refractivity contribution in [2.75, 3.05) is 0 Å². The average molecular weight is 424 g/mol. The highest BCUT2D eigenvalue weighted by Crippen LogP contribution is 2.26. The second-order valence-corrected chi connectivity index (χ2v) is 7.95. The van der Waals surface area contributed by atoms with Gasteiger partial charge in [-0.05, 0) is 54.3 Å². The highest BCUT2D eigenvalue weighted by Gasteiger charge is 2.14. The first-order valence-electron chi connectivity index (χ1n) is 10.6. The van der Waals surface area contributed by atoms with Crippen LogP contribution in [-0.4, -0.2) is 17.1 Å². The van der Waals surface area contributed by atoms with E-state index in [1.807, 2.05) is 55.5 Å². The maximum Gasteiger partial charge on any atom is 0.272 e. The van der Waals surface area contributed by atoms with E-state index in [9.17, 15) is 4.79 Å². The van der Waals surface area contributed by atoms with Gasteiger partial charge in [0.1, 0.15) is 5.76 Å². The summed E-state index contributed by atoms with van der Waals surface area (Å²) in [4.78, 5) is 17.8. The highest BCUT2D eigenvalue weighted by atomic mass is 16.3. The van der Waals surface area contributed by atoms with E-state index >= 15 is 0 Å². The van der Waals surface area contributed by atoms with E-state index in [1.165, 1.54) is 5.56 Å². The Balaban J connectivity index is 1.62. The van der Waals surface area contributed by atoms with Gasteiger partial charge in [-0.15, -0.1) is 0 Å². The largest absolute Gasteiger partial charge is 0.465 e. The van der Waals surface area contributed by atoms with Gasteiger partial charge in [-0.25, -0.2) is 10.4 Å². The van der Waals surface area contributed by atoms with Crippen molar-refractivity contribution in [2.24, 2.45) is 5.10 Å². The summed E-state index contributed by atoms with van der Waals surface area (Å²) in [7, 11) is 0. The van der Waals surface area contributed by atoms with Gasteiger partial charge in [0.05, 0.1) is 29.3 Å². The number of carbonyl (C=O) groups excluding carboxylic acids is 1. The Bertz CT molecular complexity index is 1280. The zero-order chi connectivity index (χ0) is 22.5. The lowest BCUT2D eigenvalue weighted by Gasteiger charge is -2.10. The Hall–Kier alpha value is -3.99. The van der Waals surface area contributed by atoms with E-state index in [4.69, 9.17) is 9.40 Å². The molecule has 1 N–H and O–H groups in total. The molecule has 0 radical (unpaired) electrons. The van der Waals surface area contributed by atoms with Crippen LogP contribution < -0.4 is 5.43 Å². The molecule has 0 spiro atoms. The molecule has 0 aliphatic carbocycles. The van der Waals surface area contributed by atoms with Crippen LogP contribution in [0.2, 0.25) is 0 Å². The minimum atomic E-state index is -0.286. The molecular weight excluding hydrogens is 398 g/mol. The van der Waals surface area contributed by atoms with Crippen molar-refractivity contribution >= 4 is 29.1 Å². The van der Waals surface area contributed by atoms with E-state index < -0.39 is 0 Å². The van der Waals surface area contributed by atoms with Gasteiger partial charge >= 0.3 is 0 Å². The summed E-state index contributed by atoms with van der Waals surface area (Å²) in [5.41, 5.74) is 7.77. The summed E-state index contributed by atoms with van der Waals surface area (Å²) < 4.78 is 5.29. The van der Waals surface area contributed by atoms with E-state index in [2.05, 4.69) is 48.6 Å². The second kappa shape index (κ2) is 9.43. The van der Waals surface area contributed by atoms with Crippen molar-refractivity contribution in [3.63, 3.8) is 0 Å². The molecule has 2 aromatic carbocycles. The number of nitrogens with one attached hydrogen (secondary N) is 1. The summed E-state index contributed by atoms with van der Waals surface area (Å²) in [6, 6.07) is 21.4. The molecule has 0 fully saturated rings. The Labute approximate surface area is 187 Å². The van der Waals surface area contributed by atoms with Crippen molar-refractivity contribution < 1.29 is 9.21 Å². The number of para-hydroxylation sites is 1. The quantitative estimate of drug-likeness (QED) is 0.287. The van der Waals surface area contributed by atoms with Gasteiger partial charge in [0.15, 0.2) is 0 Å². The highest BCUT2D eigenvalue weighted by molar-refractivity contribution is 6.07. The number of pyridine rings is 1. The third-order valence-electron chi connectivity index (χ3n) is 5.18. The first-order chi connectivity index (χ1) is 15.5. The van der Waals surface area contributed by atoms with Crippen molar-refractivity contribution in [1.29, 1.82) is 0 Å². The maximum atomic E-state index is 13.0. The summed E-state index contributed by atoms with van der Waals surface area (Å²) >= 11 is 0. The third-order valence-corrected chi connectivity index (χ3v) is 5.18. The second-order valence-electron chi connectivity index (χ2n) is 7.95. The van der Waals surface area contributed by atoms with E-state index in [0.717, 1.165) is 33.5 Å². The molecule has 4 rings (SSSR count).